The van der Waals surface area contributed by atoms with E-state index in [0.29, 0.717) is 5.56 Å². The van der Waals surface area contributed by atoms with E-state index in [2.05, 4.69) is 22.5 Å². The number of rotatable bonds is 4. The highest BCUT2D eigenvalue weighted by atomic mass is 32.1. The van der Waals surface area contributed by atoms with E-state index >= 15 is 0 Å². The second-order valence-electron chi connectivity index (χ2n) is 7.45. The van der Waals surface area contributed by atoms with Gasteiger partial charge in [0.05, 0.1) is 11.3 Å². The topological polar surface area (TPSA) is 54.6 Å². The van der Waals surface area contributed by atoms with Gasteiger partial charge in [-0.25, -0.2) is 4.79 Å². The van der Waals surface area contributed by atoms with Crippen LogP contribution < -0.4 is 0 Å². The molecule has 4 rings (SSSR count). The van der Waals surface area contributed by atoms with Gasteiger partial charge in [-0.1, -0.05) is 17.7 Å². The summed E-state index contributed by atoms with van der Waals surface area (Å²) in [6.07, 6.45) is 5.94. The molecule has 2 aromatic heterocycles. The predicted octanol–water partition coefficient (Wildman–Crippen LogP) is 5.79. The molecule has 1 aromatic carbocycles. The Morgan fingerprint density at radius 1 is 1.14 bits per heavy atom. The average molecular weight is 393 g/mol. The first-order valence-corrected chi connectivity index (χ1v) is 10.4. The molecule has 28 heavy (non-hydrogen) atoms. The molecule has 5 heteroatoms. The number of benzene rings is 1. The highest BCUT2D eigenvalue weighted by Crippen LogP contribution is 2.38. The van der Waals surface area contributed by atoms with Crippen LogP contribution in [0.3, 0.4) is 0 Å². The predicted molar refractivity (Wildman–Crippen MR) is 115 cm³/mol. The number of hydrogen-bond acceptors (Lipinski definition) is 3. The van der Waals surface area contributed by atoms with E-state index in [1.54, 1.807) is 11.3 Å². The van der Waals surface area contributed by atoms with Crippen LogP contribution >= 0.6 is 11.3 Å². The van der Waals surface area contributed by atoms with Crippen LogP contribution in [-0.4, -0.2) is 21.9 Å². The Hall–Kier alpha value is -2.66. The summed E-state index contributed by atoms with van der Waals surface area (Å²) in [7, 11) is 0. The van der Waals surface area contributed by atoms with Gasteiger partial charge in [0.25, 0.3) is 0 Å². The minimum absolute atomic E-state index is 0.489. The van der Waals surface area contributed by atoms with Crippen LogP contribution in [0, 0.1) is 20.8 Å². The van der Waals surface area contributed by atoms with Crippen LogP contribution in [0.1, 0.15) is 56.2 Å². The Morgan fingerprint density at radius 3 is 2.57 bits per heavy atom. The van der Waals surface area contributed by atoms with Crippen LogP contribution in [0.15, 0.2) is 35.3 Å². The maximum atomic E-state index is 12.1. The van der Waals surface area contributed by atoms with Crippen molar-refractivity contribution in [1.29, 1.82) is 0 Å². The molecular weight excluding hydrogens is 368 g/mol. The molecule has 0 atom stereocenters. The normalized spacial score (nSPS) is 13.8. The minimum atomic E-state index is -0.822. The highest BCUT2D eigenvalue weighted by Gasteiger charge is 2.27. The van der Waals surface area contributed by atoms with E-state index in [4.69, 9.17) is 0 Å². The highest BCUT2D eigenvalue weighted by molar-refractivity contribution is 7.15. The molecule has 0 saturated carbocycles. The molecule has 0 aliphatic heterocycles. The lowest BCUT2D eigenvalue weighted by molar-refractivity contribution is 0.0696. The molecule has 0 amide bonds. The standard InChI is InChI=1S/C23H24N2O2S/c1-14-8-10-18(11-9-14)24-13-17-12-15(2)25(16(17)3)22-21(23(26)27)19-6-4-5-7-20(19)28-22/h8-13H,4-7H2,1-3H3,(H,26,27). The van der Waals surface area contributed by atoms with Crippen molar-refractivity contribution in [2.24, 2.45) is 4.99 Å². The summed E-state index contributed by atoms with van der Waals surface area (Å²) in [5.41, 5.74) is 6.72. The number of aryl methyl sites for hydroxylation is 3. The molecule has 3 aromatic rings. The zero-order chi connectivity index (χ0) is 19.8. The fraction of sp³-hybridized carbons (Fsp3) is 0.304. The van der Waals surface area contributed by atoms with Crippen molar-refractivity contribution in [3.8, 4) is 5.00 Å². The molecule has 1 aliphatic carbocycles. The number of carboxylic acids is 1. The fourth-order valence-electron chi connectivity index (χ4n) is 3.94. The summed E-state index contributed by atoms with van der Waals surface area (Å²) in [4.78, 5) is 17.9. The summed E-state index contributed by atoms with van der Waals surface area (Å²) in [5.74, 6) is -0.822. The molecule has 2 heterocycles. The van der Waals surface area contributed by atoms with Gasteiger partial charge in [-0.05, 0) is 70.2 Å². The molecule has 1 N–H and O–H groups in total. The summed E-state index contributed by atoms with van der Waals surface area (Å²) in [6.45, 7) is 6.12. The summed E-state index contributed by atoms with van der Waals surface area (Å²) < 4.78 is 2.09. The summed E-state index contributed by atoms with van der Waals surface area (Å²) in [6, 6.07) is 10.2. The number of fused-ring (bicyclic) bond motifs is 1. The van der Waals surface area contributed by atoms with Crippen molar-refractivity contribution in [3.63, 3.8) is 0 Å². The second kappa shape index (κ2) is 7.40. The van der Waals surface area contributed by atoms with E-state index in [-0.39, 0.29) is 0 Å². The first kappa shape index (κ1) is 18.7. The van der Waals surface area contributed by atoms with Gasteiger partial charge in [0, 0.05) is 28.0 Å². The van der Waals surface area contributed by atoms with Gasteiger partial charge in [0.1, 0.15) is 5.00 Å². The van der Waals surface area contributed by atoms with E-state index < -0.39 is 5.97 Å². The van der Waals surface area contributed by atoms with E-state index in [9.17, 15) is 9.90 Å². The molecule has 144 valence electrons. The molecule has 4 nitrogen and oxygen atoms in total. The summed E-state index contributed by atoms with van der Waals surface area (Å²) >= 11 is 1.64. The molecular formula is C23H24N2O2S. The minimum Gasteiger partial charge on any atom is -0.478 e. The molecule has 1 aliphatic rings. The van der Waals surface area contributed by atoms with Crippen LogP contribution in [0.5, 0.6) is 0 Å². The van der Waals surface area contributed by atoms with Crippen LogP contribution in [-0.2, 0) is 12.8 Å². The van der Waals surface area contributed by atoms with Gasteiger partial charge >= 0.3 is 5.97 Å². The molecule has 0 radical (unpaired) electrons. The second-order valence-corrected chi connectivity index (χ2v) is 8.54. The van der Waals surface area contributed by atoms with Gasteiger partial charge in [0.2, 0.25) is 0 Å². The number of aliphatic imine (C=N–C) groups is 1. The van der Waals surface area contributed by atoms with Gasteiger partial charge in [0.15, 0.2) is 0 Å². The lowest BCUT2D eigenvalue weighted by Crippen LogP contribution is -2.09. The molecule has 0 unspecified atom stereocenters. The van der Waals surface area contributed by atoms with E-state index in [0.717, 1.165) is 58.9 Å². The molecule has 0 spiro atoms. The third-order valence-corrected chi connectivity index (χ3v) is 6.70. The summed E-state index contributed by atoms with van der Waals surface area (Å²) in [5, 5.41) is 10.7. The van der Waals surface area contributed by atoms with Gasteiger partial charge in [-0.3, -0.25) is 4.99 Å². The van der Waals surface area contributed by atoms with Crippen LogP contribution in [0.2, 0.25) is 0 Å². The number of carbonyl (C=O) groups is 1. The van der Waals surface area contributed by atoms with Gasteiger partial charge in [-0.2, -0.15) is 0 Å². The number of thiophene rings is 1. The zero-order valence-electron chi connectivity index (χ0n) is 16.5. The number of carboxylic acid groups (broad SMARTS) is 1. The van der Waals surface area contributed by atoms with Crippen molar-refractivity contribution in [3.05, 3.63) is 68.9 Å². The van der Waals surface area contributed by atoms with E-state index in [1.165, 1.54) is 10.4 Å². The number of nitrogens with zero attached hydrogens (tertiary/aromatic N) is 2. The van der Waals surface area contributed by atoms with Crippen molar-refractivity contribution < 1.29 is 9.90 Å². The van der Waals surface area contributed by atoms with Crippen molar-refractivity contribution in [2.45, 2.75) is 46.5 Å². The first-order valence-electron chi connectivity index (χ1n) is 9.63. The van der Waals surface area contributed by atoms with Gasteiger partial charge < -0.3 is 9.67 Å². The quantitative estimate of drug-likeness (QED) is 0.571. The maximum absolute atomic E-state index is 12.1. The molecule has 0 fully saturated rings. The molecule has 0 saturated heterocycles. The third kappa shape index (κ3) is 3.31. The largest absolute Gasteiger partial charge is 0.478 e. The lowest BCUT2D eigenvalue weighted by Gasteiger charge is -2.11. The molecule has 0 bridgehead atoms. The number of aromatic carboxylic acids is 1. The lowest BCUT2D eigenvalue weighted by atomic mass is 9.95. The van der Waals surface area contributed by atoms with Gasteiger partial charge in [-0.15, -0.1) is 11.3 Å². The van der Waals surface area contributed by atoms with Crippen molar-refractivity contribution in [2.75, 3.05) is 0 Å². The number of aromatic nitrogens is 1. The Balaban J connectivity index is 1.77. The van der Waals surface area contributed by atoms with Crippen molar-refractivity contribution in [1.82, 2.24) is 4.57 Å². The smallest absolute Gasteiger partial charge is 0.339 e. The first-order chi connectivity index (χ1) is 13.5. The Kier molecular flexibility index (Phi) is 4.94. The fourth-order valence-corrected chi connectivity index (χ4v) is 5.43. The van der Waals surface area contributed by atoms with Crippen molar-refractivity contribution >= 4 is 29.2 Å². The average Bonchev–Trinajstić information content (AvgIpc) is 3.18. The third-order valence-electron chi connectivity index (χ3n) is 5.43. The Bertz CT molecular complexity index is 1070. The maximum Gasteiger partial charge on any atom is 0.339 e. The Labute approximate surface area is 169 Å². The van der Waals surface area contributed by atoms with Crippen LogP contribution in [0.4, 0.5) is 5.69 Å². The Morgan fingerprint density at radius 2 is 1.86 bits per heavy atom. The SMILES string of the molecule is Cc1ccc(N=Cc2cc(C)n(-c3sc4c(c3C(=O)O)CCCC4)c2C)cc1. The van der Waals surface area contributed by atoms with E-state index in [1.807, 2.05) is 44.3 Å². The van der Waals surface area contributed by atoms with Crippen LogP contribution in [0.25, 0.3) is 5.00 Å². The zero-order valence-corrected chi connectivity index (χ0v) is 17.3. The number of hydrogen-bond donors (Lipinski definition) is 1. The monoisotopic (exact) mass is 392 g/mol.